The van der Waals surface area contributed by atoms with E-state index >= 15 is 0 Å². The molecular formula is C33H33F4N3O4. The van der Waals surface area contributed by atoms with Crippen molar-refractivity contribution in [1.29, 1.82) is 0 Å². The number of amides is 3. The van der Waals surface area contributed by atoms with E-state index in [0.717, 1.165) is 28.8 Å². The lowest BCUT2D eigenvalue weighted by molar-refractivity contribution is -0.172. The molecule has 3 atom stereocenters. The van der Waals surface area contributed by atoms with Gasteiger partial charge in [0.25, 0.3) is 0 Å². The standard InChI is InChI=1S/C33H33F4N3O4/c1-21-8-10-23(11-9-21)13-27-18-39(32(43)44-20-26-12-25(16-34)14-28(15-26)33(35,36)37)29-19-38(17-24-6-4-3-5-7-24)30(41)22(2)40(29)31(27)42/h3-12,14-15,22,27,29H,13,16-20H2,1-2H3/t22-,27-,29+/m0/s1. The zero-order valence-electron chi connectivity index (χ0n) is 24.4. The normalized spacial score (nSPS) is 20.5. The van der Waals surface area contributed by atoms with E-state index in [1.807, 2.05) is 61.5 Å². The van der Waals surface area contributed by atoms with Crippen LogP contribution in [0.15, 0.2) is 72.8 Å². The zero-order chi connectivity index (χ0) is 31.6. The number of ether oxygens (including phenoxy) is 1. The molecule has 11 heteroatoms. The molecule has 0 aromatic heterocycles. The molecule has 44 heavy (non-hydrogen) atoms. The van der Waals surface area contributed by atoms with Crippen molar-refractivity contribution in [3.05, 3.63) is 106 Å². The van der Waals surface area contributed by atoms with Crippen molar-refractivity contribution < 1.29 is 36.7 Å². The number of carbonyl (C=O) groups is 3. The lowest BCUT2D eigenvalue weighted by Gasteiger charge is -2.53. The second-order valence-corrected chi connectivity index (χ2v) is 11.4. The fraction of sp³-hybridized carbons (Fsp3) is 0.364. The summed E-state index contributed by atoms with van der Waals surface area (Å²) in [5, 5.41) is 0. The highest BCUT2D eigenvalue weighted by atomic mass is 19.4. The van der Waals surface area contributed by atoms with Gasteiger partial charge in [-0.15, -0.1) is 0 Å². The fourth-order valence-corrected chi connectivity index (χ4v) is 5.87. The summed E-state index contributed by atoms with van der Waals surface area (Å²) in [5.74, 6) is -1.19. The van der Waals surface area contributed by atoms with Crippen LogP contribution in [-0.2, 0) is 46.7 Å². The van der Waals surface area contributed by atoms with E-state index in [4.69, 9.17) is 4.74 Å². The Bertz CT molecular complexity index is 1510. The summed E-state index contributed by atoms with van der Waals surface area (Å²) in [6.45, 7) is 2.23. The van der Waals surface area contributed by atoms with Gasteiger partial charge in [-0.05, 0) is 60.7 Å². The molecule has 0 aliphatic carbocycles. The van der Waals surface area contributed by atoms with Crippen LogP contribution >= 0.6 is 0 Å². The van der Waals surface area contributed by atoms with Gasteiger partial charge in [-0.3, -0.25) is 14.5 Å². The third kappa shape index (κ3) is 6.71. The second-order valence-electron chi connectivity index (χ2n) is 11.4. The van der Waals surface area contributed by atoms with Gasteiger partial charge in [0.2, 0.25) is 11.8 Å². The molecule has 0 bridgehead atoms. The Morgan fingerprint density at radius 3 is 2.23 bits per heavy atom. The summed E-state index contributed by atoms with van der Waals surface area (Å²) < 4.78 is 59.0. The molecule has 2 aliphatic heterocycles. The van der Waals surface area contributed by atoms with E-state index in [0.29, 0.717) is 6.42 Å². The van der Waals surface area contributed by atoms with Crippen LogP contribution in [0.2, 0.25) is 0 Å². The Labute approximate surface area is 253 Å². The minimum Gasteiger partial charge on any atom is -0.444 e. The molecule has 0 N–H and O–H groups in total. The molecule has 0 saturated carbocycles. The van der Waals surface area contributed by atoms with E-state index in [9.17, 15) is 31.9 Å². The average molecular weight is 612 g/mol. The third-order valence-electron chi connectivity index (χ3n) is 8.12. The fourth-order valence-electron chi connectivity index (χ4n) is 5.87. The average Bonchev–Trinajstić information content (AvgIpc) is 3.00. The van der Waals surface area contributed by atoms with Gasteiger partial charge in [0.15, 0.2) is 0 Å². The molecule has 2 aliphatic rings. The molecule has 3 aromatic rings. The van der Waals surface area contributed by atoms with Crippen molar-refractivity contribution in [2.24, 2.45) is 5.92 Å². The van der Waals surface area contributed by atoms with Crippen LogP contribution in [0.4, 0.5) is 22.4 Å². The first-order chi connectivity index (χ1) is 20.9. The number of benzene rings is 3. The maximum Gasteiger partial charge on any atom is 0.416 e. The van der Waals surface area contributed by atoms with Gasteiger partial charge >= 0.3 is 12.3 Å². The van der Waals surface area contributed by atoms with Crippen LogP contribution in [0.5, 0.6) is 0 Å². The van der Waals surface area contributed by atoms with Gasteiger partial charge in [0.1, 0.15) is 25.5 Å². The number of nitrogens with zero attached hydrogens (tertiary/aromatic N) is 3. The van der Waals surface area contributed by atoms with Crippen molar-refractivity contribution in [3.63, 3.8) is 0 Å². The van der Waals surface area contributed by atoms with Gasteiger partial charge in [-0.1, -0.05) is 60.2 Å². The summed E-state index contributed by atoms with van der Waals surface area (Å²) in [6.07, 6.45) is -6.08. The molecule has 3 amide bonds. The van der Waals surface area contributed by atoms with E-state index in [-0.39, 0.29) is 42.6 Å². The largest absolute Gasteiger partial charge is 0.444 e. The molecule has 2 saturated heterocycles. The number of piperazine rings is 1. The van der Waals surface area contributed by atoms with Crippen LogP contribution in [0, 0.1) is 12.8 Å². The van der Waals surface area contributed by atoms with Crippen LogP contribution < -0.4 is 0 Å². The Kier molecular flexibility index (Phi) is 8.94. The number of halogens is 4. The molecule has 2 fully saturated rings. The highest BCUT2D eigenvalue weighted by molar-refractivity contribution is 5.91. The first-order valence-electron chi connectivity index (χ1n) is 14.3. The van der Waals surface area contributed by atoms with Gasteiger partial charge in [-0.2, -0.15) is 13.2 Å². The maximum absolute atomic E-state index is 13.8. The number of fused-ring (bicyclic) bond motifs is 1. The first kappa shape index (κ1) is 31.0. The van der Waals surface area contributed by atoms with Gasteiger partial charge in [-0.25, -0.2) is 9.18 Å². The Morgan fingerprint density at radius 1 is 0.886 bits per heavy atom. The molecule has 0 unspecified atom stereocenters. The lowest BCUT2D eigenvalue weighted by Crippen LogP contribution is -2.72. The number of rotatable bonds is 7. The van der Waals surface area contributed by atoms with Crippen LogP contribution in [0.1, 0.15) is 40.3 Å². The maximum atomic E-state index is 13.8. The highest BCUT2D eigenvalue weighted by Crippen LogP contribution is 2.33. The predicted molar refractivity (Wildman–Crippen MR) is 153 cm³/mol. The van der Waals surface area contributed by atoms with Crippen LogP contribution in [0.25, 0.3) is 0 Å². The minimum atomic E-state index is -4.70. The van der Waals surface area contributed by atoms with Crippen LogP contribution in [0.3, 0.4) is 0 Å². The minimum absolute atomic E-state index is 0.00881. The molecule has 5 rings (SSSR count). The smallest absolute Gasteiger partial charge is 0.416 e. The van der Waals surface area contributed by atoms with Crippen molar-refractivity contribution in [2.45, 2.75) is 58.5 Å². The lowest BCUT2D eigenvalue weighted by atomic mass is 9.92. The monoisotopic (exact) mass is 611 g/mol. The van der Waals surface area contributed by atoms with Crippen molar-refractivity contribution in [3.8, 4) is 0 Å². The molecule has 7 nitrogen and oxygen atoms in total. The molecular weight excluding hydrogens is 578 g/mol. The zero-order valence-corrected chi connectivity index (χ0v) is 24.4. The van der Waals surface area contributed by atoms with Crippen LogP contribution in [-0.4, -0.2) is 57.9 Å². The number of alkyl halides is 4. The Hall–Kier alpha value is -4.41. The van der Waals surface area contributed by atoms with E-state index in [1.165, 1.54) is 15.9 Å². The van der Waals surface area contributed by atoms with Crippen molar-refractivity contribution in [2.75, 3.05) is 13.1 Å². The number of aryl methyl sites for hydroxylation is 1. The van der Waals surface area contributed by atoms with E-state index in [2.05, 4.69) is 0 Å². The summed E-state index contributed by atoms with van der Waals surface area (Å²) in [4.78, 5) is 45.3. The van der Waals surface area contributed by atoms with Crippen molar-refractivity contribution >= 4 is 17.9 Å². The molecule has 0 spiro atoms. The number of hydrogen-bond acceptors (Lipinski definition) is 4. The first-order valence-corrected chi connectivity index (χ1v) is 14.3. The molecule has 3 aromatic carbocycles. The number of hydrogen-bond donors (Lipinski definition) is 0. The molecule has 232 valence electrons. The topological polar surface area (TPSA) is 70.2 Å². The quantitative estimate of drug-likeness (QED) is 0.313. The van der Waals surface area contributed by atoms with Gasteiger partial charge in [0.05, 0.1) is 18.0 Å². The predicted octanol–water partition coefficient (Wildman–Crippen LogP) is 5.88. The SMILES string of the molecule is Cc1ccc(C[C@H]2CN(C(=O)OCc3cc(CF)cc(C(F)(F)F)c3)[C@H]3CN(Cc4ccccc4)C(=O)[C@H](C)N3C2=O)cc1. The summed E-state index contributed by atoms with van der Waals surface area (Å²) >= 11 is 0. The van der Waals surface area contributed by atoms with Gasteiger partial charge in [0, 0.05) is 13.1 Å². The van der Waals surface area contributed by atoms with E-state index < -0.39 is 49.2 Å². The second kappa shape index (κ2) is 12.7. The molecule has 2 heterocycles. The molecule has 0 radical (unpaired) electrons. The third-order valence-corrected chi connectivity index (χ3v) is 8.12. The van der Waals surface area contributed by atoms with Crippen molar-refractivity contribution in [1.82, 2.24) is 14.7 Å². The summed E-state index contributed by atoms with van der Waals surface area (Å²) in [7, 11) is 0. The number of carbonyl (C=O) groups excluding carboxylic acids is 3. The Morgan fingerprint density at radius 2 is 1.57 bits per heavy atom. The van der Waals surface area contributed by atoms with Gasteiger partial charge < -0.3 is 14.5 Å². The Balaban J connectivity index is 1.42. The summed E-state index contributed by atoms with van der Waals surface area (Å²) in [5.41, 5.74) is 1.57. The van der Waals surface area contributed by atoms with E-state index in [1.54, 1.807) is 11.8 Å². The summed E-state index contributed by atoms with van der Waals surface area (Å²) in [6, 6.07) is 18.9. The highest BCUT2D eigenvalue weighted by Gasteiger charge is 2.50.